The van der Waals surface area contributed by atoms with E-state index >= 15 is 0 Å². The summed E-state index contributed by atoms with van der Waals surface area (Å²) in [4.78, 5) is 0. The predicted octanol–water partition coefficient (Wildman–Crippen LogP) is 7.77. The Kier molecular flexibility index (Phi) is 3.24. The number of aryl methyl sites for hydroxylation is 2. The standard InChI is InChI=1S/C26H19NS/c1-16-7-10-18(11-8-16)27-22-6-4-3-5-21(22)25-23(27)14-13-20-19-12-9-17(2)15-24(19)28-26(20)25/h3-15H,1-2H3. The molecule has 0 bridgehead atoms. The van der Waals surface area contributed by atoms with Gasteiger partial charge in [-0.1, -0.05) is 54.1 Å². The molecule has 134 valence electrons. The van der Waals surface area contributed by atoms with Crippen LogP contribution in [0.25, 0.3) is 47.7 Å². The molecule has 2 aromatic heterocycles. The second kappa shape index (κ2) is 5.70. The van der Waals surface area contributed by atoms with E-state index in [1.54, 1.807) is 0 Å². The highest BCUT2D eigenvalue weighted by Crippen LogP contribution is 2.43. The fraction of sp³-hybridized carbons (Fsp3) is 0.0769. The summed E-state index contributed by atoms with van der Waals surface area (Å²) in [5.74, 6) is 0. The monoisotopic (exact) mass is 377 g/mol. The van der Waals surface area contributed by atoms with Crippen molar-refractivity contribution >= 4 is 53.3 Å². The highest BCUT2D eigenvalue weighted by atomic mass is 32.1. The molecular formula is C26H19NS. The van der Waals surface area contributed by atoms with Crippen molar-refractivity contribution in [3.8, 4) is 5.69 Å². The van der Waals surface area contributed by atoms with E-state index in [0.29, 0.717) is 0 Å². The van der Waals surface area contributed by atoms with Gasteiger partial charge < -0.3 is 4.57 Å². The zero-order valence-electron chi connectivity index (χ0n) is 15.9. The summed E-state index contributed by atoms with van der Waals surface area (Å²) in [5, 5.41) is 5.42. The quantitative estimate of drug-likeness (QED) is 0.276. The van der Waals surface area contributed by atoms with Crippen LogP contribution < -0.4 is 0 Å². The molecule has 6 aromatic rings. The first-order valence-corrected chi connectivity index (χ1v) is 10.4. The van der Waals surface area contributed by atoms with Crippen molar-refractivity contribution < 1.29 is 0 Å². The van der Waals surface area contributed by atoms with Gasteiger partial charge in [0.2, 0.25) is 0 Å². The molecule has 0 unspecified atom stereocenters. The van der Waals surface area contributed by atoms with E-state index in [2.05, 4.69) is 97.3 Å². The first-order valence-electron chi connectivity index (χ1n) is 9.63. The van der Waals surface area contributed by atoms with Crippen molar-refractivity contribution in [2.45, 2.75) is 13.8 Å². The van der Waals surface area contributed by atoms with Crippen LogP contribution in [0.3, 0.4) is 0 Å². The van der Waals surface area contributed by atoms with E-state index in [1.807, 2.05) is 11.3 Å². The minimum atomic E-state index is 1.22. The summed E-state index contributed by atoms with van der Waals surface area (Å²) in [7, 11) is 0. The molecule has 0 saturated heterocycles. The molecule has 0 aliphatic rings. The molecule has 28 heavy (non-hydrogen) atoms. The smallest absolute Gasteiger partial charge is 0.0555 e. The van der Waals surface area contributed by atoms with Gasteiger partial charge in [-0.05, 0) is 49.7 Å². The van der Waals surface area contributed by atoms with Gasteiger partial charge in [-0.2, -0.15) is 0 Å². The highest BCUT2D eigenvalue weighted by Gasteiger charge is 2.17. The minimum Gasteiger partial charge on any atom is -0.309 e. The maximum atomic E-state index is 2.40. The summed E-state index contributed by atoms with van der Waals surface area (Å²) in [6.07, 6.45) is 0. The van der Waals surface area contributed by atoms with Gasteiger partial charge in [0.15, 0.2) is 0 Å². The maximum Gasteiger partial charge on any atom is 0.0555 e. The minimum absolute atomic E-state index is 1.22. The van der Waals surface area contributed by atoms with Gasteiger partial charge in [-0.3, -0.25) is 0 Å². The Morgan fingerprint density at radius 2 is 1.39 bits per heavy atom. The topological polar surface area (TPSA) is 4.93 Å². The summed E-state index contributed by atoms with van der Waals surface area (Å²) in [6.45, 7) is 4.31. The zero-order chi connectivity index (χ0) is 18.8. The van der Waals surface area contributed by atoms with Crippen LogP contribution in [0.1, 0.15) is 11.1 Å². The molecule has 6 rings (SSSR count). The SMILES string of the molecule is Cc1ccc(-n2c3ccccc3c3c4sc5cc(C)ccc5c4ccc32)cc1. The summed E-state index contributed by atoms with van der Waals surface area (Å²) in [6, 6.07) is 29.0. The van der Waals surface area contributed by atoms with Gasteiger partial charge >= 0.3 is 0 Å². The van der Waals surface area contributed by atoms with Crippen LogP contribution in [0.5, 0.6) is 0 Å². The second-order valence-electron chi connectivity index (χ2n) is 7.63. The average molecular weight is 378 g/mol. The lowest BCUT2D eigenvalue weighted by molar-refractivity contribution is 1.18. The van der Waals surface area contributed by atoms with E-state index in [1.165, 1.54) is 58.8 Å². The first kappa shape index (κ1) is 15.9. The molecule has 0 atom stereocenters. The Morgan fingerprint density at radius 3 is 2.25 bits per heavy atom. The molecule has 0 spiro atoms. The van der Waals surface area contributed by atoms with E-state index in [4.69, 9.17) is 0 Å². The van der Waals surface area contributed by atoms with Crippen LogP contribution >= 0.6 is 11.3 Å². The third-order valence-electron chi connectivity index (χ3n) is 5.72. The third-order valence-corrected chi connectivity index (χ3v) is 6.91. The van der Waals surface area contributed by atoms with Crippen molar-refractivity contribution in [3.63, 3.8) is 0 Å². The summed E-state index contributed by atoms with van der Waals surface area (Å²) in [5.41, 5.74) is 6.36. The molecule has 4 aromatic carbocycles. The van der Waals surface area contributed by atoms with Gasteiger partial charge in [-0.15, -0.1) is 11.3 Å². The lowest BCUT2D eigenvalue weighted by atomic mass is 10.1. The van der Waals surface area contributed by atoms with Crippen LogP contribution in [0.15, 0.2) is 78.9 Å². The van der Waals surface area contributed by atoms with E-state index in [0.717, 1.165) is 0 Å². The predicted molar refractivity (Wildman–Crippen MR) is 123 cm³/mol. The number of aromatic nitrogens is 1. The fourth-order valence-electron chi connectivity index (χ4n) is 4.37. The van der Waals surface area contributed by atoms with Crippen LogP contribution in [-0.2, 0) is 0 Å². The first-order chi connectivity index (χ1) is 13.7. The summed E-state index contributed by atoms with van der Waals surface area (Å²) >= 11 is 1.92. The maximum absolute atomic E-state index is 2.40. The normalized spacial score (nSPS) is 11.9. The average Bonchev–Trinajstić information content (AvgIpc) is 3.23. The number of benzene rings is 4. The molecule has 2 heterocycles. The zero-order valence-corrected chi connectivity index (χ0v) is 16.7. The van der Waals surface area contributed by atoms with Crippen molar-refractivity contribution in [1.29, 1.82) is 0 Å². The van der Waals surface area contributed by atoms with Crippen molar-refractivity contribution in [3.05, 3.63) is 90.0 Å². The molecule has 0 N–H and O–H groups in total. The van der Waals surface area contributed by atoms with E-state index in [-0.39, 0.29) is 0 Å². The number of para-hydroxylation sites is 1. The van der Waals surface area contributed by atoms with E-state index < -0.39 is 0 Å². The number of hydrogen-bond acceptors (Lipinski definition) is 1. The van der Waals surface area contributed by atoms with Gasteiger partial charge in [-0.25, -0.2) is 0 Å². The number of hydrogen-bond donors (Lipinski definition) is 0. The third kappa shape index (κ3) is 2.12. The van der Waals surface area contributed by atoms with Crippen LogP contribution in [0.4, 0.5) is 0 Å². The van der Waals surface area contributed by atoms with Gasteiger partial charge in [0, 0.05) is 36.6 Å². The lowest BCUT2D eigenvalue weighted by Gasteiger charge is -2.08. The largest absolute Gasteiger partial charge is 0.309 e. The second-order valence-corrected chi connectivity index (χ2v) is 8.68. The van der Waals surface area contributed by atoms with Crippen molar-refractivity contribution in [2.75, 3.05) is 0 Å². The van der Waals surface area contributed by atoms with Gasteiger partial charge in [0.1, 0.15) is 0 Å². The highest BCUT2D eigenvalue weighted by molar-refractivity contribution is 7.26. The Balaban J connectivity index is 1.83. The van der Waals surface area contributed by atoms with Crippen LogP contribution in [0.2, 0.25) is 0 Å². The molecular weight excluding hydrogens is 358 g/mol. The van der Waals surface area contributed by atoms with Gasteiger partial charge in [0.05, 0.1) is 11.0 Å². The Morgan fingerprint density at radius 1 is 0.643 bits per heavy atom. The van der Waals surface area contributed by atoms with Crippen molar-refractivity contribution in [2.24, 2.45) is 0 Å². The number of nitrogens with zero attached hydrogens (tertiary/aromatic N) is 1. The summed E-state index contributed by atoms with van der Waals surface area (Å²) < 4.78 is 5.16. The fourth-order valence-corrected chi connectivity index (χ4v) is 5.72. The molecule has 2 heteroatoms. The number of rotatable bonds is 1. The molecule has 0 fully saturated rings. The Bertz CT molecular complexity index is 1510. The lowest BCUT2D eigenvalue weighted by Crippen LogP contribution is -1.93. The molecule has 0 saturated carbocycles. The molecule has 0 amide bonds. The van der Waals surface area contributed by atoms with Crippen molar-refractivity contribution in [1.82, 2.24) is 4.57 Å². The Hall–Kier alpha value is -3.10. The Labute approximate surface area is 167 Å². The van der Waals surface area contributed by atoms with Crippen LogP contribution in [0, 0.1) is 13.8 Å². The number of fused-ring (bicyclic) bond motifs is 7. The number of thiophene rings is 1. The van der Waals surface area contributed by atoms with E-state index in [9.17, 15) is 0 Å². The molecule has 0 aliphatic heterocycles. The molecule has 1 nitrogen and oxygen atoms in total. The van der Waals surface area contributed by atoms with Gasteiger partial charge in [0.25, 0.3) is 0 Å². The van der Waals surface area contributed by atoms with Crippen LogP contribution in [-0.4, -0.2) is 4.57 Å². The molecule has 0 radical (unpaired) electrons. The molecule has 0 aliphatic carbocycles.